The van der Waals surface area contributed by atoms with Gasteiger partial charge in [0.15, 0.2) is 5.78 Å². The highest BCUT2D eigenvalue weighted by Gasteiger charge is 2.38. The number of ketones is 2. The van der Waals surface area contributed by atoms with Crippen LogP contribution in [-0.4, -0.2) is 34.1 Å². The van der Waals surface area contributed by atoms with Crippen LogP contribution < -0.4 is 8.37 Å². The van der Waals surface area contributed by atoms with E-state index in [0.29, 0.717) is 0 Å². The molecule has 0 aliphatic heterocycles. The average Bonchev–Trinajstić information content (AvgIpc) is 3.59. The Kier molecular flexibility index (Phi) is 7.84. The highest BCUT2D eigenvalue weighted by Crippen LogP contribution is 2.47. The van der Waals surface area contributed by atoms with Gasteiger partial charge in [-0.1, -0.05) is 92.2 Å². The van der Waals surface area contributed by atoms with Gasteiger partial charge in [0, 0.05) is 33.2 Å². The van der Waals surface area contributed by atoms with Gasteiger partial charge in [0.25, 0.3) is 0 Å². The van der Waals surface area contributed by atoms with Gasteiger partial charge in [-0.25, -0.2) is 0 Å². The standard InChI is InChI=1S/C38H29NO8S2/c1-24-22-34(29-8-2-4-10-31(29)36(24)40)48(42,43)46-27-16-12-25(13-17-27)38(20-6-7-21-38)26-14-18-28(19-15-26)47-49(44,45)35-23-33(39)37(41)32-11-5-3-9-30(32)35/h2-5,8-19,22-23,39H,1,6-7,20-21H2. The van der Waals surface area contributed by atoms with E-state index in [4.69, 9.17) is 13.8 Å². The maximum absolute atomic E-state index is 13.4. The molecule has 0 heterocycles. The molecule has 0 bridgehead atoms. The van der Waals surface area contributed by atoms with Crippen molar-refractivity contribution in [3.63, 3.8) is 0 Å². The monoisotopic (exact) mass is 691 g/mol. The first kappa shape index (κ1) is 32.2. The van der Waals surface area contributed by atoms with Crippen molar-refractivity contribution in [2.45, 2.75) is 31.1 Å². The van der Waals surface area contributed by atoms with E-state index in [-0.39, 0.29) is 54.9 Å². The Balaban J connectivity index is 1.12. The fourth-order valence-electron chi connectivity index (χ4n) is 6.82. The number of Topliss-reactive ketones (excluding diaryl/α,β-unsaturated/α-hetero) is 2. The fourth-order valence-corrected chi connectivity index (χ4v) is 9.18. The van der Waals surface area contributed by atoms with Gasteiger partial charge in [-0.15, -0.1) is 0 Å². The summed E-state index contributed by atoms with van der Waals surface area (Å²) in [4.78, 5) is 24.6. The first-order chi connectivity index (χ1) is 23.4. The Morgan fingerprint density at radius 3 is 1.45 bits per heavy atom. The van der Waals surface area contributed by atoms with Crippen LogP contribution in [0.15, 0.2) is 121 Å². The number of nitrogens with one attached hydrogen (secondary N) is 1. The molecule has 11 heteroatoms. The molecule has 4 aromatic rings. The van der Waals surface area contributed by atoms with Crippen molar-refractivity contribution in [3.05, 3.63) is 155 Å². The minimum atomic E-state index is -4.38. The van der Waals surface area contributed by atoms with Gasteiger partial charge in [-0.3, -0.25) is 15.0 Å². The number of rotatable bonds is 8. The molecule has 3 aliphatic rings. The van der Waals surface area contributed by atoms with Crippen molar-refractivity contribution in [1.82, 2.24) is 0 Å². The second-order valence-corrected chi connectivity index (χ2v) is 15.1. The van der Waals surface area contributed by atoms with Crippen LogP contribution in [0.3, 0.4) is 0 Å². The summed E-state index contributed by atoms with van der Waals surface area (Å²) in [5.41, 5.74) is 1.93. The van der Waals surface area contributed by atoms with Crippen molar-refractivity contribution >= 4 is 47.3 Å². The molecule has 3 aliphatic carbocycles. The molecule has 7 rings (SSSR count). The largest absolute Gasteiger partial charge is 0.379 e. The molecule has 0 spiro atoms. The number of fused-ring (bicyclic) bond motifs is 2. The first-order valence-corrected chi connectivity index (χ1v) is 18.3. The summed E-state index contributed by atoms with van der Waals surface area (Å²) in [5, 5.41) is 7.99. The molecule has 0 aromatic heterocycles. The van der Waals surface area contributed by atoms with Crippen LogP contribution in [-0.2, 0) is 25.7 Å². The topological polar surface area (TPSA) is 145 Å². The molecule has 1 fully saturated rings. The molecule has 0 unspecified atom stereocenters. The lowest BCUT2D eigenvalue weighted by Crippen LogP contribution is -2.24. The van der Waals surface area contributed by atoms with Crippen molar-refractivity contribution in [3.8, 4) is 11.5 Å². The molecule has 0 amide bonds. The van der Waals surface area contributed by atoms with Gasteiger partial charge in [0.1, 0.15) is 27.0 Å². The molecule has 1 N–H and O–H groups in total. The van der Waals surface area contributed by atoms with E-state index in [2.05, 4.69) is 6.58 Å². The van der Waals surface area contributed by atoms with Crippen molar-refractivity contribution < 1.29 is 34.8 Å². The Bertz CT molecular complexity index is 2200. The lowest BCUT2D eigenvalue weighted by Gasteiger charge is -2.31. The molecular weight excluding hydrogens is 663 g/mol. The van der Waals surface area contributed by atoms with Gasteiger partial charge in [-0.2, -0.15) is 16.8 Å². The summed E-state index contributed by atoms with van der Waals surface area (Å²) >= 11 is 0. The zero-order valence-corrected chi connectivity index (χ0v) is 27.6. The van der Waals surface area contributed by atoms with Crippen LogP contribution in [0.1, 0.15) is 68.7 Å². The normalized spacial score (nSPS) is 17.1. The number of hydrogen-bond acceptors (Lipinski definition) is 9. The van der Waals surface area contributed by atoms with Crippen molar-refractivity contribution in [2.24, 2.45) is 0 Å². The van der Waals surface area contributed by atoms with E-state index in [0.717, 1.165) is 42.9 Å². The van der Waals surface area contributed by atoms with E-state index in [1.54, 1.807) is 60.7 Å². The second-order valence-electron chi connectivity index (χ2n) is 12.1. The Labute approximate surface area is 284 Å². The Morgan fingerprint density at radius 2 is 0.980 bits per heavy atom. The van der Waals surface area contributed by atoms with E-state index in [9.17, 15) is 26.4 Å². The smallest absolute Gasteiger partial charge is 0.339 e. The summed E-state index contributed by atoms with van der Waals surface area (Å²) in [6.07, 6.45) is 5.83. The summed E-state index contributed by atoms with van der Waals surface area (Å²) in [6, 6.07) is 26.3. The number of hydrogen-bond donors (Lipinski definition) is 1. The summed E-state index contributed by atoms with van der Waals surface area (Å²) in [5.74, 6) is -0.706. The number of carbonyl (C=O) groups is 2. The van der Waals surface area contributed by atoms with Gasteiger partial charge >= 0.3 is 20.2 Å². The van der Waals surface area contributed by atoms with Crippen LogP contribution >= 0.6 is 0 Å². The fraction of sp³-hybridized carbons (Fsp3) is 0.132. The predicted molar refractivity (Wildman–Crippen MR) is 186 cm³/mol. The van der Waals surface area contributed by atoms with Crippen molar-refractivity contribution in [1.29, 1.82) is 5.41 Å². The number of allylic oxidation sites excluding steroid dienone is 3. The molecule has 49 heavy (non-hydrogen) atoms. The quantitative estimate of drug-likeness (QED) is 0.153. The SMILES string of the molecule is C=C1C=C(S(=O)(=O)Oc2ccc(C3(c4ccc(OS(=O)(=O)C5=CC(=N)C(=O)c6ccccc65)cc4)CCCC3)cc2)c2ccccc2C1=O. The third kappa shape index (κ3) is 5.64. The van der Waals surface area contributed by atoms with Gasteiger partial charge < -0.3 is 8.37 Å². The predicted octanol–water partition coefficient (Wildman–Crippen LogP) is 7.01. The Morgan fingerprint density at radius 1 is 0.571 bits per heavy atom. The van der Waals surface area contributed by atoms with E-state index >= 15 is 0 Å². The molecule has 0 radical (unpaired) electrons. The minimum Gasteiger partial charge on any atom is -0.379 e. The maximum atomic E-state index is 13.4. The molecule has 1 saturated carbocycles. The molecule has 0 saturated heterocycles. The minimum absolute atomic E-state index is 0.0572. The molecule has 9 nitrogen and oxygen atoms in total. The third-order valence-corrected chi connectivity index (χ3v) is 11.8. The number of benzene rings is 4. The first-order valence-electron chi connectivity index (χ1n) is 15.5. The lowest BCUT2D eigenvalue weighted by molar-refractivity contribution is 0.103. The van der Waals surface area contributed by atoms with Crippen molar-refractivity contribution in [2.75, 3.05) is 0 Å². The zero-order chi connectivity index (χ0) is 34.6. The van der Waals surface area contributed by atoms with Crippen LogP contribution in [0.2, 0.25) is 0 Å². The lowest BCUT2D eigenvalue weighted by atomic mass is 9.73. The Hall–Kier alpha value is -5.39. The maximum Gasteiger partial charge on any atom is 0.339 e. The average molecular weight is 692 g/mol. The second kappa shape index (κ2) is 11.9. The number of carbonyl (C=O) groups excluding carboxylic acids is 2. The molecular formula is C38H29NO8S2. The van der Waals surface area contributed by atoms with Gasteiger partial charge in [-0.05, 0) is 60.4 Å². The van der Waals surface area contributed by atoms with Crippen LogP contribution in [0, 0.1) is 5.41 Å². The van der Waals surface area contributed by atoms with E-state index in [1.807, 2.05) is 24.3 Å². The third-order valence-electron chi connectivity index (χ3n) is 9.21. The van der Waals surface area contributed by atoms with Gasteiger partial charge in [0.2, 0.25) is 5.78 Å². The van der Waals surface area contributed by atoms with Crippen LogP contribution in [0.4, 0.5) is 0 Å². The molecule has 246 valence electrons. The highest BCUT2D eigenvalue weighted by molar-refractivity contribution is 7.97. The van der Waals surface area contributed by atoms with E-state index < -0.39 is 37.1 Å². The van der Waals surface area contributed by atoms with Crippen LogP contribution in [0.25, 0.3) is 9.81 Å². The summed E-state index contributed by atoms with van der Waals surface area (Å²) < 4.78 is 64.5. The zero-order valence-electron chi connectivity index (χ0n) is 26.0. The molecule has 0 atom stereocenters. The molecule has 4 aromatic carbocycles. The van der Waals surface area contributed by atoms with Gasteiger partial charge in [0.05, 0.1) is 0 Å². The van der Waals surface area contributed by atoms with Crippen LogP contribution in [0.5, 0.6) is 11.5 Å². The summed E-state index contributed by atoms with van der Waals surface area (Å²) in [6.45, 7) is 3.71. The highest BCUT2D eigenvalue weighted by atomic mass is 32.2. The van der Waals surface area contributed by atoms with E-state index in [1.165, 1.54) is 18.2 Å². The summed E-state index contributed by atoms with van der Waals surface area (Å²) in [7, 11) is -8.68.